The fourth-order valence-corrected chi connectivity index (χ4v) is 4.03. The van der Waals surface area contributed by atoms with Crippen molar-refractivity contribution in [3.05, 3.63) is 92.8 Å². The van der Waals surface area contributed by atoms with E-state index in [-0.39, 0.29) is 11.7 Å². The second kappa shape index (κ2) is 9.88. The van der Waals surface area contributed by atoms with Gasteiger partial charge in [-0.2, -0.15) is 0 Å². The Morgan fingerprint density at radius 3 is 2.70 bits per heavy atom. The van der Waals surface area contributed by atoms with Gasteiger partial charge in [-0.3, -0.25) is 19.9 Å². The number of nitrogens with one attached hydrogen (secondary N) is 2. The van der Waals surface area contributed by atoms with Gasteiger partial charge in [0, 0.05) is 28.7 Å². The number of nitrogens with zero attached hydrogens (tertiary/aromatic N) is 3. The summed E-state index contributed by atoms with van der Waals surface area (Å²) >= 11 is 1.34. The first-order chi connectivity index (χ1) is 16.0. The van der Waals surface area contributed by atoms with Gasteiger partial charge in [0.05, 0.1) is 16.9 Å². The Morgan fingerprint density at radius 2 is 1.91 bits per heavy atom. The summed E-state index contributed by atoms with van der Waals surface area (Å²) in [7, 11) is 0. The normalized spacial score (nSPS) is 11.3. The van der Waals surface area contributed by atoms with Crippen molar-refractivity contribution in [2.24, 2.45) is 10.7 Å². The zero-order valence-corrected chi connectivity index (χ0v) is 18.2. The zero-order chi connectivity index (χ0) is 23.2. The Bertz CT molecular complexity index is 1330. The van der Waals surface area contributed by atoms with Gasteiger partial charge in [-0.15, -0.1) is 11.3 Å². The van der Waals surface area contributed by atoms with Crippen molar-refractivity contribution >= 4 is 51.0 Å². The van der Waals surface area contributed by atoms with Gasteiger partial charge in [0.2, 0.25) is 0 Å². The third kappa shape index (κ3) is 5.49. The lowest BCUT2D eigenvalue weighted by Gasteiger charge is -2.10. The van der Waals surface area contributed by atoms with Crippen LogP contribution in [0.2, 0.25) is 0 Å². The predicted molar refractivity (Wildman–Crippen MR) is 131 cm³/mol. The minimum Gasteiger partial charge on any atom is -0.382 e. The van der Waals surface area contributed by atoms with Crippen LogP contribution in [0.3, 0.4) is 0 Å². The summed E-state index contributed by atoms with van der Waals surface area (Å²) in [4.78, 5) is 31.7. The number of nitro groups is 1. The molecular formula is C23H20N6O3S. The highest BCUT2D eigenvalue weighted by atomic mass is 32.1. The van der Waals surface area contributed by atoms with Gasteiger partial charge in [-0.1, -0.05) is 18.2 Å². The number of amides is 1. The van der Waals surface area contributed by atoms with Crippen molar-refractivity contribution in [2.75, 3.05) is 17.2 Å². The second-order valence-corrected chi connectivity index (χ2v) is 8.02. The average Bonchev–Trinajstić information content (AvgIpc) is 3.27. The number of carbonyl (C=O) groups excluding carboxylic acids is 1. The number of para-hydroxylation sites is 1. The third-order valence-corrected chi connectivity index (χ3v) is 5.68. The van der Waals surface area contributed by atoms with E-state index >= 15 is 0 Å². The molecular weight excluding hydrogens is 440 g/mol. The molecule has 33 heavy (non-hydrogen) atoms. The molecule has 0 spiro atoms. The minimum absolute atomic E-state index is 0.0898. The maximum absolute atomic E-state index is 12.8. The molecule has 0 saturated heterocycles. The highest BCUT2D eigenvalue weighted by molar-refractivity contribution is 7.12. The molecule has 2 aromatic carbocycles. The van der Waals surface area contributed by atoms with E-state index in [0.29, 0.717) is 22.8 Å². The summed E-state index contributed by atoms with van der Waals surface area (Å²) in [6.45, 7) is 0.0280. The molecule has 0 atom stereocenters. The molecule has 2 aromatic heterocycles. The molecule has 4 N–H and O–H groups in total. The Labute approximate surface area is 193 Å². The Hall–Kier alpha value is -4.31. The van der Waals surface area contributed by atoms with Crippen molar-refractivity contribution in [1.82, 2.24) is 4.98 Å². The van der Waals surface area contributed by atoms with Crippen LogP contribution in [-0.2, 0) is 6.54 Å². The number of hydrogen-bond acceptors (Lipinski definition) is 7. The molecule has 0 fully saturated rings. The monoisotopic (exact) mass is 460 g/mol. The average molecular weight is 461 g/mol. The molecule has 0 bridgehead atoms. The van der Waals surface area contributed by atoms with Crippen LogP contribution in [0.4, 0.5) is 17.1 Å². The number of fused-ring (bicyclic) bond motifs is 1. The van der Waals surface area contributed by atoms with Gasteiger partial charge in [-0.05, 0) is 53.4 Å². The Morgan fingerprint density at radius 1 is 1.12 bits per heavy atom. The van der Waals surface area contributed by atoms with Gasteiger partial charge in [0.1, 0.15) is 4.88 Å². The van der Waals surface area contributed by atoms with E-state index in [9.17, 15) is 14.9 Å². The molecule has 4 rings (SSSR count). The summed E-state index contributed by atoms with van der Waals surface area (Å²) in [5, 5.41) is 19.6. The van der Waals surface area contributed by atoms with Crippen molar-refractivity contribution < 1.29 is 9.72 Å². The molecule has 0 aliphatic rings. The highest BCUT2D eigenvalue weighted by Crippen LogP contribution is 2.26. The number of thiophene rings is 1. The third-order valence-electron chi connectivity index (χ3n) is 4.77. The summed E-state index contributed by atoms with van der Waals surface area (Å²) in [5.41, 5.74) is 9.34. The predicted octanol–water partition coefficient (Wildman–Crippen LogP) is 4.43. The lowest BCUT2D eigenvalue weighted by Crippen LogP contribution is -2.22. The van der Waals surface area contributed by atoms with E-state index in [1.165, 1.54) is 11.3 Å². The number of hydrogen-bond donors (Lipinski definition) is 3. The first-order valence-electron chi connectivity index (χ1n) is 10.00. The second-order valence-electron chi connectivity index (χ2n) is 7.10. The Kier molecular flexibility index (Phi) is 6.56. The number of nitrogens with two attached hydrogens (primary N) is 1. The molecule has 4 aromatic rings. The molecule has 0 saturated carbocycles. The number of benzene rings is 2. The summed E-state index contributed by atoms with van der Waals surface area (Å²) in [6.07, 6.45) is 1.78. The SMILES string of the molecule is NC(C[N+](=O)[O-])=Nc1ccc(NC(=O)c2sccc2NCc2ccnc3ccccc23)cc1. The van der Waals surface area contributed by atoms with E-state index in [0.717, 1.165) is 22.2 Å². The molecule has 0 radical (unpaired) electrons. The smallest absolute Gasteiger partial charge is 0.267 e. The standard InChI is InChI=1S/C23H20N6O3S/c24-21(14-29(31)32)27-16-5-7-17(8-6-16)28-23(30)22-20(10-12-33-22)26-13-15-9-11-25-19-4-2-1-3-18(15)19/h1-12,26H,13-14H2,(H2,24,27)(H,28,30). The fraction of sp³-hybridized carbons (Fsp3) is 0.0870. The van der Waals surface area contributed by atoms with Crippen molar-refractivity contribution in [1.29, 1.82) is 0 Å². The molecule has 1 amide bonds. The number of anilines is 2. The first-order valence-corrected chi connectivity index (χ1v) is 10.9. The van der Waals surface area contributed by atoms with Crippen LogP contribution >= 0.6 is 11.3 Å². The maximum atomic E-state index is 12.8. The summed E-state index contributed by atoms with van der Waals surface area (Å²) in [5.74, 6) is -0.329. The number of pyridine rings is 1. The number of amidine groups is 1. The first kappa shape index (κ1) is 21.9. The van der Waals surface area contributed by atoms with Crippen LogP contribution < -0.4 is 16.4 Å². The molecule has 2 heterocycles. The fourth-order valence-electron chi connectivity index (χ4n) is 3.26. The minimum atomic E-state index is -0.544. The van der Waals surface area contributed by atoms with E-state index in [4.69, 9.17) is 5.73 Å². The number of aromatic nitrogens is 1. The largest absolute Gasteiger partial charge is 0.382 e. The van der Waals surface area contributed by atoms with Gasteiger partial charge < -0.3 is 16.4 Å². The van der Waals surface area contributed by atoms with E-state index < -0.39 is 11.5 Å². The topological polar surface area (TPSA) is 136 Å². The van der Waals surface area contributed by atoms with E-state index in [2.05, 4.69) is 20.6 Å². The Balaban J connectivity index is 1.42. The van der Waals surface area contributed by atoms with Gasteiger partial charge in [0.25, 0.3) is 12.5 Å². The zero-order valence-electron chi connectivity index (χ0n) is 17.4. The van der Waals surface area contributed by atoms with Crippen LogP contribution in [-0.4, -0.2) is 28.2 Å². The van der Waals surface area contributed by atoms with E-state index in [1.54, 1.807) is 30.5 Å². The molecule has 166 valence electrons. The van der Waals surface area contributed by atoms with Crippen molar-refractivity contribution in [3.63, 3.8) is 0 Å². The molecule has 9 nitrogen and oxygen atoms in total. The van der Waals surface area contributed by atoms with Crippen LogP contribution in [0.5, 0.6) is 0 Å². The lowest BCUT2D eigenvalue weighted by atomic mass is 10.1. The van der Waals surface area contributed by atoms with Gasteiger partial charge in [-0.25, -0.2) is 4.99 Å². The molecule has 0 unspecified atom stereocenters. The number of aliphatic imine (C=N–C) groups is 1. The quantitative estimate of drug-likeness (QED) is 0.154. The van der Waals surface area contributed by atoms with Crippen molar-refractivity contribution in [2.45, 2.75) is 6.54 Å². The van der Waals surface area contributed by atoms with Crippen LogP contribution in [0.1, 0.15) is 15.2 Å². The summed E-state index contributed by atoms with van der Waals surface area (Å²) < 4.78 is 0. The number of carbonyl (C=O) groups is 1. The highest BCUT2D eigenvalue weighted by Gasteiger charge is 2.14. The summed E-state index contributed by atoms with van der Waals surface area (Å²) in [6, 6.07) is 18.4. The maximum Gasteiger partial charge on any atom is 0.267 e. The molecule has 0 aliphatic carbocycles. The van der Waals surface area contributed by atoms with Crippen LogP contribution in [0.15, 0.2) is 77.2 Å². The van der Waals surface area contributed by atoms with E-state index in [1.807, 2.05) is 41.8 Å². The van der Waals surface area contributed by atoms with Crippen LogP contribution in [0.25, 0.3) is 10.9 Å². The van der Waals surface area contributed by atoms with Gasteiger partial charge in [0.15, 0.2) is 5.84 Å². The molecule has 10 heteroatoms. The number of rotatable bonds is 8. The van der Waals surface area contributed by atoms with Gasteiger partial charge >= 0.3 is 0 Å². The molecule has 0 aliphatic heterocycles. The van der Waals surface area contributed by atoms with Crippen molar-refractivity contribution in [3.8, 4) is 0 Å². The lowest BCUT2D eigenvalue weighted by molar-refractivity contribution is -0.463. The van der Waals surface area contributed by atoms with Crippen LogP contribution in [0, 0.1) is 10.1 Å².